The van der Waals surface area contributed by atoms with Crippen LogP contribution in [0, 0.1) is 0 Å². The van der Waals surface area contributed by atoms with E-state index in [1.807, 2.05) is 12.1 Å². The van der Waals surface area contributed by atoms with Gasteiger partial charge in [0.15, 0.2) is 0 Å². The van der Waals surface area contributed by atoms with E-state index in [9.17, 15) is 22.8 Å². The molecule has 148 valence electrons. The number of aromatic nitrogens is 3. The zero-order valence-electron chi connectivity index (χ0n) is 14.7. The van der Waals surface area contributed by atoms with Crippen molar-refractivity contribution >= 4 is 22.3 Å². The van der Waals surface area contributed by atoms with Crippen molar-refractivity contribution in [2.75, 3.05) is 0 Å². The maximum atomic E-state index is 12.5. The average molecular weight is 402 g/mol. The number of carbonyl (C=O) groups excluding carboxylic acids is 1. The molecule has 29 heavy (non-hydrogen) atoms. The zero-order chi connectivity index (χ0) is 20.6. The fraction of sp³-hybridized carbons (Fsp3) is 0.105. The van der Waals surface area contributed by atoms with E-state index >= 15 is 0 Å². The van der Waals surface area contributed by atoms with Gasteiger partial charge < -0.3 is 15.0 Å². The Hall–Kier alpha value is -3.82. The summed E-state index contributed by atoms with van der Waals surface area (Å²) in [5, 5.41) is 7.42. The quantitative estimate of drug-likeness (QED) is 0.549. The first kappa shape index (κ1) is 18.5. The number of aromatic amines is 1. The molecule has 0 aliphatic rings. The van der Waals surface area contributed by atoms with Gasteiger partial charge in [0, 0.05) is 5.39 Å². The molecular formula is C19H13F3N4O3. The number of hydrogen-bond donors (Lipinski definition) is 2. The van der Waals surface area contributed by atoms with Crippen molar-refractivity contribution in [1.29, 1.82) is 0 Å². The average Bonchev–Trinajstić information content (AvgIpc) is 3.11. The molecule has 1 amide bonds. The highest BCUT2D eigenvalue weighted by Gasteiger charge is 2.32. The first-order valence-electron chi connectivity index (χ1n) is 8.44. The number of rotatable bonds is 4. The van der Waals surface area contributed by atoms with Crippen LogP contribution in [-0.2, 0) is 6.54 Å². The van der Waals surface area contributed by atoms with E-state index in [0.717, 1.165) is 11.5 Å². The van der Waals surface area contributed by atoms with E-state index in [2.05, 4.69) is 20.1 Å². The van der Waals surface area contributed by atoms with Gasteiger partial charge in [-0.2, -0.15) is 9.61 Å². The number of H-pyrrole nitrogens is 1. The Labute approximate surface area is 160 Å². The number of nitrogens with zero attached hydrogens (tertiary/aromatic N) is 2. The smallest absolute Gasteiger partial charge is 0.405 e. The number of hydrogen-bond acceptors (Lipinski definition) is 4. The van der Waals surface area contributed by atoms with Crippen LogP contribution in [0.3, 0.4) is 0 Å². The summed E-state index contributed by atoms with van der Waals surface area (Å²) in [4.78, 5) is 27.2. The Morgan fingerprint density at radius 2 is 1.86 bits per heavy atom. The Morgan fingerprint density at radius 1 is 1.14 bits per heavy atom. The SMILES string of the molecule is O=C(NCc1cc2c3ccccc3[nH]c(=O)n2n1)c1ccccc1OC(F)(F)F. The second kappa shape index (κ2) is 6.97. The first-order chi connectivity index (χ1) is 13.8. The van der Waals surface area contributed by atoms with E-state index in [1.54, 1.807) is 18.2 Å². The summed E-state index contributed by atoms with van der Waals surface area (Å²) in [5.41, 5.74) is 0.847. The van der Waals surface area contributed by atoms with Crippen molar-refractivity contribution in [3.05, 3.63) is 76.3 Å². The summed E-state index contributed by atoms with van der Waals surface area (Å²) in [6.45, 7) is -0.0887. The van der Waals surface area contributed by atoms with Crippen LogP contribution in [0.4, 0.5) is 13.2 Å². The number of halogens is 3. The fourth-order valence-corrected chi connectivity index (χ4v) is 2.98. The summed E-state index contributed by atoms with van der Waals surface area (Å²) in [6.07, 6.45) is -4.92. The van der Waals surface area contributed by atoms with Crippen molar-refractivity contribution in [2.24, 2.45) is 0 Å². The van der Waals surface area contributed by atoms with E-state index in [4.69, 9.17) is 0 Å². The van der Waals surface area contributed by atoms with E-state index in [-0.39, 0.29) is 12.1 Å². The molecule has 0 saturated heterocycles. The topological polar surface area (TPSA) is 88.5 Å². The number of benzene rings is 2. The van der Waals surface area contributed by atoms with Crippen LogP contribution >= 0.6 is 0 Å². The lowest BCUT2D eigenvalue weighted by molar-refractivity contribution is -0.274. The molecule has 2 aromatic heterocycles. The Morgan fingerprint density at radius 3 is 2.66 bits per heavy atom. The van der Waals surface area contributed by atoms with Crippen LogP contribution in [0.25, 0.3) is 16.4 Å². The van der Waals surface area contributed by atoms with Crippen molar-refractivity contribution in [3.63, 3.8) is 0 Å². The lowest BCUT2D eigenvalue weighted by Gasteiger charge is -2.12. The van der Waals surface area contributed by atoms with Crippen LogP contribution in [0.5, 0.6) is 5.75 Å². The highest BCUT2D eigenvalue weighted by molar-refractivity contribution is 5.97. The molecule has 4 aromatic rings. The maximum absolute atomic E-state index is 12.5. The second-order valence-corrected chi connectivity index (χ2v) is 6.14. The van der Waals surface area contributed by atoms with Crippen molar-refractivity contribution in [2.45, 2.75) is 12.9 Å². The third kappa shape index (κ3) is 3.77. The van der Waals surface area contributed by atoms with E-state index < -0.39 is 23.7 Å². The van der Waals surface area contributed by atoms with Crippen molar-refractivity contribution in [1.82, 2.24) is 19.9 Å². The predicted molar refractivity (Wildman–Crippen MR) is 97.6 cm³/mol. The molecule has 2 aromatic carbocycles. The minimum absolute atomic E-state index is 0.0887. The molecule has 0 radical (unpaired) electrons. The maximum Gasteiger partial charge on any atom is 0.573 e. The van der Waals surface area contributed by atoms with Crippen LogP contribution in [0.2, 0.25) is 0 Å². The molecule has 2 heterocycles. The summed E-state index contributed by atoms with van der Waals surface area (Å²) in [5.74, 6) is -1.37. The monoisotopic (exact) mass is 402 g/mol. The summed E-state index contributed by atoms with van der Waals surface area (Å²) in [7, 11) is 0. The van der Waals surface area contributed by atoms with Gasteiger partial charge in [-0.05, 0) is 24.3 Å². The number of carbonyl (C=O) groups is 1. The molecule has 0 fully saturated rings. The molecule has 0 aliphatic carbocycles. The van der Waals surface area contributed by atoms with Crippen molar-refractivity contribution in [3.8, 4) is 5.75 Å². The molecule has 0 atom stereocenters. The minimum Gasteiger partial charge on any atom is -0.405 e. The highest BCUT2D eigenvalue weighted by Crippen LogP contribution is 2.26. The highest BCUT2D eigenvalue weighted by atomic mass is 19.4. The lowest BCUT2D eigenvalue weighted by atomic mass is 10.2. The second-order valence-electron chi connectivity index (χ2n) is 6.14. The molecule has 0 spiro atoms. The van der Waals surface area contributed by atoms with Crippen LogP contribution in [0.1, 0.15) is 16.1 Å². The number of ether oxygens (including phenoxy) is 1. The summed E-state index contributed by atoms with van der Waals surface area (Å²) < 4.78 is 42.6. The van der Waals surface area contributed by atoms with Crippen LogP contribution < -0.4 is 15.7 Å². The number of para-hydroxylation sites is 2. The third-order valence-corrected chi connectivity index (χ3v) is 4.18. The molecule has 10 heteroatoms. The first-order valence-corrected chi connectivity index (χ1v) is 8.44. The number of alkyl halides is 3. The van der Waals surface area contributed by atoms with Gasteiger partial charge in [-0.15, -0.1) is 13.2 Å². The van der Waals surface area contributed by atoms with Gasteiger partial charge >= 0.3 is 12.1 Å². The Balaban J connectivity index is 1.59. The molecule has 2 N–H and O–H groups in total. The fourth-order valence-electron chi connectivity index (χ4n) is 2.98. The summed E-state index contributed by atoms with van der Waals surface area (Å²) in [6, 6.07) is 13.8. The molecule has 7 nitrogen and oxygen atoms in total. The molecule has 4 rings (SSSR count). The standard InChI is InChI=1S/C19H13F3N4O3/c20-19(21,22)29-16-8-4-2-6-13(16)17(27)23-10-11-9-15-12-5-1-3-7-14(12)24-18(28)26(15)25-11/h1-9H,10H2,(H,23,27)(H,24,28). The number of fused-ring (bicyclic) bond motifs is 3. The van der Waals surface area contributed by atoms with Crippen LogP contribution in [0.15, 0.2) is 59.4 Å². The minimum atomic E-state index is -4.92. The largest absolute Gasteiger partial charge is 0.573 e. The summed E-state index contributed by atoms with van der Waals surface area (Å²) >= 11 is 0. The molecule has 0 unspecified atom stereocenters. The molecular weight excluding hydrogens is 389 g/mol. The van der Waals surface area contributed by atoms with E-state index in [1.165, 1.54) is 22.7 Å². The number of nitrogens with one attached hydrogen (secondary N) is 2. The Kier molecular flexibility index (Phi) is 4.45. The third-order valence-electron chi connectivity index (χ3n) is 4.18. The van der Waals surface area contributed by atoms with E-state index in [0.29, 0.717) is 16.7 Å². The van der Waals surface area contributed by atoms with Gasteiger partial charge in [0.2, 0.25) is 0 Å². The van der Waals surface area contributed by atoms with Gasteiger partial charge in [-0.1, -0.05) is 30.3 Å². The van der Waals surface area contributed by atoms with Gasteiger partial charge in [0.1, 0.15) is 5.75 Å². The number of amides is 1. The van der Waals surface area contributed by atoms with Crippen molar-refractivity contribution < 1.29 is 22.7 Å². The predicted octanol–water partition coefficient (Wildman–Crippen LogP) is 3.00. The Bertz CT molecular complexity index is 1280. The van der Waals surface area contributed by atoms with Gasteiger partial charge in [-0.3, -0.25) is 4.79 Å². The van der Waals surface area contributed by atoms with Gasteiger partial charge in [0.25, 0.3) is 5.91 Å². The van der Waals surface area contributed by atoms with Gasteiger partial charge in [-0.25, -0.2) is 4.79 Å². The zero-order valence-corrected chi connectivity index (χ0v) is 14.7. The molecule has 0 bridgehead atoms. The lowest BCUT2D eigenvalue weighted by Crippen LogP contribution is -2.26. The molecule has 0 saturated carbocycles. The van der Waals surface area contributed by atoms with Gasteiger partial charge in [0.05, 0.1) is 28.8 Å². The normalized spacial score (nSPS) is 11.7. The van der Waals surface area contributed by atoms with Crippen LogP contribution in [-0.4, -0.2) is 26.9 Å². The molecule has 0 aliphatic heterocycles.